The normalized spacial score (nSPS) is 10.3. The Bertz CT molecular complexity index is 801. The number of carbonyl (C=O) groups is 2. The zero-order chi connectivity index (χ0) is 18.2. The molecule has 8 heteroatoms. The highest BCUT2D eigenvalue weighted by atomic mass is 32.2. The molecule has 0 unspecified atom stereocenters. The van der Waals surface area contributed by atoms with Crippen molar-refractivity contribution in [1.82, 2.24) is 9.97 Å². The van der Waals surface area contributed by atoms with Gasteiger partial charge in [-0.15, -0.1) is 0 Å². The minimum Gasteiger partial charge on any atom is -0.494 e. The van der Waals surface area contributed by atoms with Gasteiger partial charge in [0.2, 0.25) is 0 Å². The maximum Gasteiger partial charge on any atom is 0.311 e. The number of hydrogen-bond acceptors (Lipinski definition) is 7. The second-order valence-electron chi connectivity index (χ2n) is 4.96. The molecule has 1 heterocycles. The van der Waals surface area contributed by atoms with Gasteiger partial charge >= 0.3 is 5.97 Å². The van der Waals surface area contributed by atoms with Crippen LogP contribution < -0.4 is 10.3 Å². The summed E-state index contributed by atoms with van der Waals surface area (Å²) in [5.74, 6) is 0.222. The number of aromatic amines is 1. The van der Waals surface area contributed by atoms with E-state index < -0.39 is 5.97 Å². The van der Waals surface area contributed by atoms with E-state index >= 15 is 0 Å². The third kappa shape index (κ3) is 5.75. The van der Waals surface area contributed by atoms with E-state index in [-0.39, 0.29) is 28.7 Å². The summed E-state index contributed by atoms with van der Waals surface area (Å²) in [6.07, 6.45) is -0.0964. The first-order chi connectivity index (χ1) is 12.0. The van der Waals surface area contributed by atoms with Gasteiger partial charge in [-0.05, 0) is 31.2 Å². The number of methoxy groups -OCH3 is 1. The van der Waals surface area contributed by atoms with Gasteiger partial charge in [0.25, 0.3) is 5.56 Å². The van der Waals surface area contributed by atoms with Gasteiger partial charge in [-0.25, -0.2) is 4.98 Å². The van der Waals surface area contributed by atoms with Crippen molar-refractivity contribution < 1.29 is 19.1 Å². The zero-order valence-corrected chi connectivity index (χ0v) is 14.7. The summed E-state index contributed by atoms with van der Waals surface area (Å²) in [4.78, 5) is 41.8. The molecule has 2 aromatic rings. The van der Waals surface area contributed by atoms with Crippen LogP contribution in [-0.4, -0.2) is 41.2 Å². The van der Waals surface area contributed by atoms with Crippen LogP contribution in [0.2, 0.25) is 0 Å². The summed E-state index contributed by atoms with van der Waals surface area (Å²) >= 11 is 1.10. The van der Waals surface area contributed by atoms with Gasteiger partial charge in [0.15, 0.2) is 10.9 Å². The smallest absolute Gasteiger partial charge is 0.311 e. The van der Waals surface area contributed by atoms with E-state index in [2.05, 4.69) is 14.7 Å². The molecule has 132 valence electrons. The van der Waals surface area contributed by atoms with Gasteiger partial charge < -0.3 is 14.5 Å². The molecule has 2 rings (SSSR count). The summed E-state index contributed by atoms with van der Waals surface area (Å²) in [5.41, 5.74) is 0.459. The van der Waals surface area contributed by atoms with E-state index in [1.54, 1.807) is 24.3 Å². The minimum absolute atomic E-state index is 0.0964. The van der Waals surface area contributed by atoms with Crippen LogP contribution in [0.1, 0.15) is 23.0 Å². The van der Waals surface area contributed by atoms with Crippen molar-refractivity contribution >= 4 is 23.5 Å². The zero-order valence-electron chi connectivity index (χ0n) is 13.9. The van der Waals surface area contributed by atoms with Crippen LogP contribution in [0.15, 0.2) is 40.3 Å². The highest BCUT2D eigenvalue weighted by molar-refractivity contribution is 7.99. The molecular formula is C17H18N2O5S. The van der Waals surface area contributed by atoms with Crippen molar-refractivity contribution in [2.75, 3.05) is 19.5 Å². The number of thioether (sulfide) groups is 1. The average molecular weight is 362 g/mol. The monoisotopic (exact) mass is 362 g/mol. The Balaban J connectivity index is 2.01. The quantitative estimate of drug-likeness (QED) is 0.331. The first-order valence-electron chi connectivity index (χ1n) is 7.57. The van der Waals surface area contributed by atoms with E-state index in [0.717, 1.165) is 11.8 Å². The number of nitrogens with zero attached hydrogens (tertiary/aromatic N) is 1. The van der Waals surface area contributed by atoms with Crippen molar-refractivity contribution in [2.24, 2.45) is 0 Å². The molecule has 0 aliphatic carbocycles. The summed E-state index contributed by atoms with van der Waals surface area (Å²) in [5, 5.41) is 0.283. The third-order valence-corrected chi connectivity index (χ3v) is 4.03. The predicted molar refractivity (Wildman–Crippen MR) is 93.2 cm³/mol. The van der Waals surface area contributed by atoms with E-state index in [9.17, 15) is 14.4 Å². The van der Waals surface area contributed by atoms with Gasteiger partial charge in [0.05, 0.1) is 31.6 Å². The lowest BCUT2D eigenvalue weighted by atomic mass is 10.1. The fraction of sp³-hybridized carbons (Fsp3) is 0.294. The summed E-state index contributed by atoms with van der Waals surface area (Å²) < 4.78 is 9.89. The van der Waals surface area contributed by atoms with Crippen LogP contribution in [0.5, 0.6) is 5.75 Å². The molecule has 0 aliphatic rings. The Morgan fingerprint density at radius 3 is 2.60 bits per heavy atom. The molecule has 0 saturated heterocycles. The van der Waals surface area contributed by atoms with Gasteiger partial charge in [0.1, 0.15) is 5.75 Å². The number of nitrogens with one attached hydrogen (secondary N) is 1. The number of H-pyrrole nitrogens is 1. The number of Topliss-reactive ketones (excluding diaryl/α,β-unsaturated/α-hetero) is 1. The summed E-state index contributed by atoms with van der Waals surface area (Å²) in [6.45, 7) is 2.45. The topological polar surface area (TPSA) is 98.3 Å². The summed E-state index contributed by atoms with van der Waals surface area (Å²) in [6, 6.07) is 8.09. The van der Waals surface area contributed by atoms with Crippen molar-refractivity contribution in [2.45, 2.75) is 18.5 Å². The highest BCUT2D eigenvalue weighted by Gasteiger charge is 2.11. The van der Waals surface area contributed by atoms with Crippen LogP contribution >= 0.6 is 11.8 Å². The Kier molecular flexibility index (Phi) is 6.76. The molecular weight excluding hydrogens is 344 g/mol. The lowest BCUT2D eigenvalue weighted by Gasteiger charge is -2.05. The lowest BCUT2D eigenvalue weighted by Crippen LogP contribution is -2.14. The van der Waals surface area contributed by atoms with Gasteiger partial charge in [-0.1, -0.05) is 11.8 Å². The number of aromatic nitrogens is 2. The molecule has 0 radical (unpaired) electrons. The van der Waals surface area contributed by atoms with Gasteiger partial charge in [-0.2, -0.15) is 0 Å². The molecule has 0 saturated carbocycles. The number of esters is 1. The van der Waals surface area contributed by atoms with E-state index in [1.165, 1.54) is 13.2 Å². The molecule has 1 aromatic carbocycles. The Hall–Kier alpha value is -2.61. The molecule has 0 aliphatic heterocycles. The van der Waals surface area contributed by atoms with Crippen molar-refractivity contribution in [3.8, 4) is 5.75 Å². The van der Waals surface area contributed by atoms with Crippen LogP contribution in [0.3, 0.4) is 0 Å². The molecule has 0 spiro atoms. The van der Waals surface area contributed by atoms with Crippen LogP contribution in [-0.2, 0) is 16.0 Å². The largest absolute Gasteiger partial charge is 0.494 e. The maximum atomic E-state index is 12.2. The van der Waals surface area contributed by atoms with Crippen molar-refractivity contribution in [3.05, 3.63) is 51.9 Å². The molecule has 25 heavy (non-hydrogen) atoms. The Morgan fingerprint density at radius 1 is 1.24 bits per heavy atom. The van der Waals surface area contributed by atoms with Crippen LogP contribution in [0.4, 0.5) is 0 Å². The molecule has 0 fully saturated rings. The predicted octanol–water partition coefficient (Wildman–Crippen LogP) is 1.86. The van der Waals surface area contributed by atoms with Crippen LogP contribution in [0.25, 0.3) is 0 Å². The molecule has 0 amide bonds. The fourth-order valence-electron chi connectivity index (χ4n) is 1.98. The lowest BCUT2D eigenvalue weighted by molar-refractivity contribution is -0.139. The average Bonchev–Trinajstić information content (AvgIpc) is 2.60. The van der Waals surface area contributed by atoms with Gasteiger partial charge in [-0.3, -0.25) is 14.4 Å². The number of carbonyl (C=O) groups excluding carboxylic acids is 2. The standard InChI is InChI=1S/C17H18N2O5S/c1-3-24-13-6-4-11(5-7-13)14(20)10-25-17-18-12(8-15(21)19-17)9-16(22)23-2/h4-8H,3,9-10H2,1-2H3,(H,18,19,21). The SMILES string of the molecule is CCOc1ccc(C(=O)CSc2nc(CC(=O)OC)cc(=O)[nH]2)cc1. The number of hydrogen-bond donors (Lipinski definition) is 1. The van der Waals surface area contributed by atoms with Crippen molar-refractivity contribution in [1.29, 1.82) is 0 Å². The number of ether oxygens (including phenoxy) is 2. The van der Waals surface area contributed by atoms with E-state index in [4.69, 9.17) is 4.74 Å². The number of rotatable bonds is 8. The number of benzene rings is 1. The summed E-state index contributed by atoms with van der Waals surface area (Å²) in [7, 11) is 1.26. The maximum absolute atomic E-state index is 12.2. The van der Waals surface area contributed by atoms with E-state index in [1.807, 2.05) is 6.92 Å². The fourth-order valence-corrected chi connectivity index (χ4v) is 2.77. The highest BCUT2D eigenvalue weighted by Crippen LogP contribution is 2.17. The minimum atomic E-state index is -0.487. The van der Waals surface area contributed by atoms with E-state index in [0.29, 0.717) is 23.6 Å². The molecule has 7 nitrogen and oxygen atoms in total. The number of ketones is 1. The first kappa shape index (κ1) is 18.7. The van der Waals surface area contributed by atoms with Gasteiger partial charge in [0, 0.05) is 11.6 Å². The van der Waals surface area contributed by atoms with Crippen molar-refractivity contribution in [3.63, 3.8) is 0 Å². The Morgan fingerprint density at radius 2 is 1.96 bits per heavy atom. The molecule has 1 N–H and O–H groups in total. The second-order valence-corrected chi connectivity index (χ2v) is 5.93. The molecule has 0 atom stereocenters. The molecule has 0 bridgehead atoms. The first-order valence-corrected chi connectivity index (χ1v) is 8.56. The molecule has 1 aromatic heterocycles. The van der Waals surface area contributed by atoms with Crippen LogP contribution in [0, 0.1) is 0 Å². The second kappa shape index (κ2) is 9.03. The Labute approximate surface area is 148 Å². The third-order valence-electron chi connectivity index (χ3n) is 3.15.